The number of aromatic nitrogens is 2. The van der Waals surface area contributed by atoms with Crippen LogP contribution in [0.5, 0.6) is 0 Å². The van der Waals surface area contributed by atoms with Gasteiger partial charge < -0.3 is 5.32 Å². The van der Waals surface area contributed by atoms with Crippen molar-refractivity contribution in [1.29, 1.82) is 0 Å². The van der Waals surface area contributed by atoms with Gasteiger partial charge in [0, 0.05) is 24.3 Å². The third-order valence-corrected chi connectivity index (χ3v) is 5.97. The van der Waals surface area contributed by atoms with Crippen LogP contribution in [0.4, 0.5) is 11.4 Å². The van der Waals surface area contributed by atoms with E-state index in [2.05, 4.69) is 10.3 Å². The first-order valence-corrected chi connectivity index (χ1v) is 11.2. The number of hydrogen-bond acceptors (Lipinski definition) is 6. The molecule has 3 aromatic carbocycles. The van der Waals surface area contributed by atoms with Gasteiger partial charge in [0.15, 0.2) is 5.16 Å². The average molecular weight is 461 g/mol. The number of non-ortho nitro benzene ring substituents is 1. The number of aryl methyl sites for hydroxylation is 1. The number of para-hydroxylation sites is 2. The van der Waals surface area contributed by atoms with Gasteiger partial charge in [0.2, 0.25) is 5.91 Å². The van der Waals surface area contributed by atoms with Crippen LogP contribution in [0.1, 0.15) is 12.0 Å². The summed E-state index contributed by atoms with van der Waals surface area (Å²) in [4.78, 5) is 40.8. The highest BCUT2D eigenvalue weighted by Gasteiger charge is 2.15. The Balaban J connectivity index is 1.54. The first kappa shape index (κ1) is 22.2. The molecule has 4 rings (SSSR count). The number of rotatable bonds is 7. The Morgan fingerprint density at radius 1 is 1.09 bits per heavy atom. The maximum absolute atomic E-state index is 13.2. The molecule has 1 amide bonds. The topological polar surface area (TPSA) is 107 Å². The first-order chi connectivity index (χ1) is 15.9. The molecule has 0 aliphatic heterocycles. The van der Waals surface area contributed by atoms with Gasteiger partial charge in [0.05, 0.1) is 27.2 Å². The first-order valence-electron chi connectivity index (χ1n) is 10.2. The summed E-state index contributed by atoms with van der Waals surface area (Å²) in [5.74, 6) is 0.0951. The van der Waals surface area contributed by atoms with E-state index in [-0.39, 0.29) is 23.6 Å². The van der Waals surface area contributed by atoms with Gasteiger partial charge in [-0.25, -0.2) is 4.98 Å². The lowest BCUT2D eigenvalue weighted by Gasteiger charge is -2.13. The average Bonchev–Trinajstić information content (AvgIpc) is 2.81. The molecule has 166 valence electrons. The van der Waals surface area contributed by atoms with E-state index in [0.29, 0.717) is 33.2 Å². The number of carbonyl (C=O) groups excluding carboxylic acids is 1. The molecular formula is C24H20N4O4S. The fourth-order valence-corrected chi connectivity index (χ4v) is 4.27. The number of nitro benzene ring substituents is 1. The Morgan fingerprint density at radius 2 is 1.82 bits per heavy atom. The monoisotopic (exact) mass is 460 g/mol. The molecule has 0 aliphatic carbocycles. The number of fused-ring (bicyclic) bond motifs is 1. The van der Waals surface area contributed by atoms with E-state index in [1.54, 1.807) is 35.8 Å². The zero-order valence-electron chi connectivity index (χ0n) is 17.7. The number of benzene rings is 3. The molecular weight excluding hydrogens is 440 g/mol. The lowest BCUT2D eigenvalue weighted by molar-refractivity contribution is -0.384. The third kappa shape index (κ3) is 4.93. The Morgan fingerprint density at radius 3 is 2.58 bits per heavy atom. The smallest absolute Gasteiger partial charge is 0.271 e. The zero-order chi connectivity index (χ0) is 23.4. The van der Waals surface area contributed by atoms with Gasteiger partial charge in [-0.05, 0) is 36.8 Å². The normalized spacial score (nSPS) is 10.8. The Hall–Kier alpha value is -3.98. The van der Waals surface area contributed by atoms with Crippen molar-refractivity contribution in [2.24, 2.45) is 0 Å². The van der Waals surface area contributed by atoms with Gasteiger partial charge >= 0.3 is 0 Å². The summed E-state index contributed by atoms with van der Waals surface area (Å²) in [7, 11) is 0. The SMILES string of the molecule is Cc1ccc([N+](=O)[O-])cc1NC(=O)CCSc1nc2ccccc2c(=O)n1-c1ccccc1. The number of carbonyl (C=O) groups is 1. The van der Waals surface area contributed by atoms with Crippen molar-refractivity contribution in [3.63, 3.8) is 0 Å². The summed E-state index contributed by atoms with van der Waals surface area (Å²) >= 11 is 1.30. The Kier molecular flexibility index (Phi) is 6.50. The van der Waals surface area contributed by atoms with Crippen molar-refractivity contribution in [2.45, 2.75) is 18.5 Å². The Bertz CT molecular complexity index is 1400. The van der Waals surface area contributed by atoms with Crippen molar-refractivity contribution in [3.05, 3.63) is 98.8 Å². The van der Waals surface area contributed by atoms with E-state index < -0.39 is 4.92 Å². The zero-order valence-corrected chi connectivity index (χ0v) is 18.5. The van der Waals surface area contributed by atoms with E-state index in [1.807, 2.05) is 36.4 Å². The number of nitrogens with one attached hydrogen (secondary N) is 1. The van der Waals surface area contributed by atoms with Gasteiger partial charge in [0.25, 0.3) is 11.2 Å². The van der Waals surface area contributed by atoms with Crippen LogP contribution in [0.25, 0.3) is 16.6 Å². The summed E-state index contributed by atoms with van der Waals surface area (Å²) < 4.78 is 1.55. The van der Waals surface area contributed by atoms with Gasteiger partial charge in [-0.15, -0.1) is 0 Å². The highest BCUT2D eigenvalue weighted by Crippen LogP contribution is 2.24. The van der Waals surface area contributed by atoms with E-state index >= 15 is 0 Å². The molecule has 9 heteroatoms. The minimum absolute atomic E-state index is 0.0856. The predicted molar refractivity (Wildman–Crippen MR) is 129 cm³/mol. The van der Waals surface area contributed by atoms with Gasteiger partial charge in [-0.2, -0.15) is 0 Å². The van der Waals surface area contributed by atoms with Crippen LogP contribution in [0, 0.1) is 17.0 Å². The minimum atomic E-state index is -0.501. The van der Waals surface area contributed by atoms with Crippen LogP contribution >= 0.6 is 11.8 Å². The second kappa shape index (κ2) is 9.66. The summed E-state index contributed by atoms with van der Waals surface area (Å²) in [5.41, 5.74) is 2.16. The summed E-state index contributed by atoms with van der Waals surface area (Å²) in [6.07, 6.45) is 0.143. The van der Waals surface area contributed by atoms with Crippen LogP contribution in [-0.4, -0.2) is 26.1 Å². The molecule has 1 N–H and O–H groups in total. The number of anilines is 1. The van der Waals surface area contributed by atoms with Crippen molar-refractivity contribution >= 4 is 39.9 Å². The van der Waals surface area contributed by atoms with Crippen LogP contribution in [0.3, 0.4) is 0 Å². The molecule has 0 aliphatic rings. The van der Waals surface area contributed by atoms with Gasteiger partial charge in [-0.1, -0.05) is 48.2 Å². The fourth-order valence-electron chi connectivity index (χ4n) is 3.32. The molecule has 0 saturated heterocycles. The lowest BCUT2D eigenvalue weighted by atomic mass is 10.2. The molecule has 0 radical (unpaired) electrons. The van der Waals surface area contributed by atoms with E-state index in [4.69, 9.17) is 0 Å². The predicted octanol–water partition coefficient (Wildman–Crippen LogP) is 4.72. The van der Waals surface area contributed by atoms with E-state index in [9.17, 15) is 19.7 Å². The van der Waals surface area contributed by atoms with Gasteiger partial charge in [0.1, 0.15) is 0 Å². The third-order valence-electron chi connectivity index (χ3n) is 5.03. The number of amides is 1. The largest absolute Gasteiger partial charge is 0.326 e. The van der Waals surface area contributed by atoms with Crippen LogP contribution in [0.15, 0.2) is 82.7 Å². The van der Waals surface area contributed by atoms with Gasteiger partial charge in [-0.3, -0.25) is 24.3 Å². The molecule has 33 heavy (non-hydrogen) atoms. The second-order valence-corrected chi connectivity index (χ2v) is 8.35. The maximum Gasteiger partial charge on any atom is 0.271 e. The quantitative estimate of drug-likeness (QED) is 0.185. The van der Waals surface area contributed by atoms with Crippen LogP contribution in [0.2, 0.25) is 0 Å². The molecule has 0 saturated carbocycles. The molecule has 0 bridgehead atoms. The fraction of sp³-hybridized carbons (Fsp3) is 0.125. The number of hydrogen-bond donors (Lipinski definition) is 1. The standard InChI is InChI=1S/C24H20N4O4S/c1-16-11-12-18(28(31)32)15-21(16)25-22(29)13-14-33-24-26-20-10-6-5-9-19(20)23(30)27(24)17-7-3-2-4-8-17/h2-12,15H,13-14H2,1H3,(H,25,29). The van der Waals surface area contributed by atoms with Crippen molar-refractivity contribution in [1.82, 2.24) is 9.55 Å². The molecule has 1 heterocycles. The molecule has 0 spiro atoms. The van der Waals surface area contributed by atoms with E-state index in [0.717, 1.165) is 5.56 Å². The lowest BCUT2D eigenvalue weighted by Crippen LogP contribution is -2.22. The molecule has 0 atom stereocenters. The van der Waals surface area contributed by atoms with Crippen molar-refractivity contribution in [3.8, 4) is 5.69 Å². The molecule has 8 nitrogen and oxygen atoms in total. The second-order valence-electron chi connectivity index (χ2n) is 7.29. The summed E-state index contributed by atoms with van der Waals surface area (Å²) in [6, 6.07) is 20.7. The number of nitro groups is 1. The maximum atomic E-state index is 13.2. The van der Waals surface area contributed by atoms with Crippen molar-refractivity contribution in [2.75, 3.05) is 11.1 Å². The summed E-state index contributed by atoms with van der Waals surface area (Å²) in [6.45, 7) is 1.77. The summed E-state index contributed by atoms with van der Waals surface area (Å²) in [5, 5.41) is 14.7. The van der Waals surface area contributed by atoms with E-state index in [1.165, 1.54) is 23.9 Å². The minimum Gasteiger partial charge on any atom is -0.326 e. The highest BCUT2D eigenvalue weighted by atomic mass is 32.2. The molecule has 0 unspecified atom stereocenters. The number of thioether (sulfide) groups is 1. The molecule has 0 fully saturated rings. The van der Waals surface area contributed by atoms with Crippen molar-refractivity contribution < 1.29 is 9.72 Å². The number of nitrogens with zero attached hydrogens (tertiary/aromatic N) is 3. The molecule has 1 aromatic heterocycles. The van der Waals surface area contributed by atoms with Crippen LogP contribution < -0.4 is 10.9 Å². The van der Waals surface area contributed by atoms with Crippen LogP contribution in [-0.2, 0) is 4.79 Å². The highest BCUT2D eigenvalue weighted by molar-refractivity contribution is 7.99. The molecule has 4 aromatic rings. The Labute approximate surface area is 193 Å².